The number of carbonyl (C=O) groups is 1. The van der Waals surface area contributed by atoms with E-state index in [0.29, 0.717) is 5.75 Å². The van der Waals surface area contributed by atoms with Gasteiger partial charge in [0.15, 0.2) is 0 Å². The van der Waals surface area contributed by atoms with E-state index in [9.17, 15) is 4.79 Å². The number of carboxylic acid groups (broad SMARTS) is 1. The summed E-state index contributed by atoms with van der Waals surface area (Å²) in [6, 6.07) is 1.85. The van der Waals surface area contributed by atoms with Crippen molar-refractivity contribution in [2.45, 2.75) is 39.2 Å². The molecule has 1 heterocycles. The van der Waals surface area contributed by atoms with E-state index in [4.69, 9.17) is 9.84 Å². The van der Waals surface area contributed by atoms with Crippen LogP contribution in [0.5, 0.6) is 5.75 Å². The van der Waals surface area contributed by atoms with Gasteiger partial charge in [-0.2, -0.15) is 0 Å². The molecule has 0 saturated carbocycles. The molecule has 1 unspecified atom stereocenters. The van der Waals surface area contributed by atoms with Crippen molar-refractivity contribution in [2.24, 2.45) is 0 Å². The maximum absolute atomic E-state index is 10.6. The Morgan fingerprint density at radius 1 is 1.44 bits per heavy atom. The molecule has 0 amide bonds. The fourth-order valence-electron chi connectivity index (χ4n) is 1.42. The second-order valence-corrected chi connectivity index (χ2v) is 4.12. The molecule has 88 valence electrons. The predicted molar refractivity (Wildman–Crippen MR) is 60.7 cm³/mol. The number of rotatable bonds is 5. The second kappa shape index (κ2) is 5.49. The second-order valence-electron chi connectivity index (χ2n) is 4.12. The molecule has 1 rings (SSSR count). The van der Waals surface area contributed by atoms with Gasteiger partial charge in [0, 0.05) is 6.20 Å². The zero-order valence-electron chi connectivity index (χ0n) is 9.80. The van der Waals surface area contributed by atoms with Crippen LogP contribution in [0.15, 0.2) is 18.5 Å². The minimum atomic E-state index is -0.803. The van der Waals surface area contributed by atoms with Gasteiger partial charge in [-0.05, 0) is 31.4 Å². The van der Waals surface area contributed by atoms with E-state index in [1.54, 1.807) is 12.4 Å². The van der Waals surface area contributed by atoms with Crippen molar-refractivity contribution in [1.82, 2.24) is 4.98 Å². The van der Waals surface area contributed by atoms with Crippen molar-refractivity contribution in [3.8, 4) is 5.75 Å². The summed E-state index contributed by atoms with van der Waals surface area (Å²) < 4.78 is 5.50. The first-order valence-corrected chi connectivity index (χ1v) is 5.32. The summed E-state index contributed by atoms with van der Waals surface area (Å²) in [6.45, 7) is 5.74. The molecule has 1 aromatic rings. The van der Waals surface area contributed by atoms with Crippen LogP contribution < -0.4 is 4.74 Å². The zero-order chi connectivity index (χ0) is 12.1. The monoisotopic (exact) mass is 223 g/mol. The maximum atomic E-state index is 10.6. The van der Waals surface area contributed by atoms with Crippen LogP contribution in [-0.4, -0.2) is 22.2 Å². The lowest BCUT2D eigenvalue weighted by atomic mass is 10.00. The lowest BCUT2D eigenvalue weighted by molar-refractivity contribution is -0.137. The molecule has 0 aliphatic carbocycles. The Hall–Kier alpha value is -1.58. The van der Waals surface area contributed by atoms with Crippen molar-refractivity contribution in [3.63, 3.8) is 0 Å². The van der Waals surface area contributed by atoms with Crippen molar-refractivity contribution in [2.75, 3.05) is 0 Å². The molecule has 0 aromatic carbocycles. The van der Waals surface area contributed by atoms with Gasteiger partial charge in [0.1, 0.15) is 5.75 Å². The average molecular weight is 223 g/mol. The molecule has 1 atom stereocenters. The largest absolute Gasteiger partial charge is 0.489 e. The van der Waals surface area contributed by atoms with Crippen LogP contribution in [0, 0.1) is 0 Å². The van der Waals surface area contributed by atoms with E-state index >= 15 is 0 Å². The van der Waals surface area contributed by atoms with Gasteiger partial charge in [-0.15, -0.1) is 0 Å². The Morgan fingerprint density at radius 2 is 2.12 bits per heavy atom. The van der Waals surface area contributed by atoms with E-state index in [-0.39, 0.29) is 18.4 Å². The van der Waals surface area contributed by atoms with E-state index < -0.39 is 5.97 Å². The van der Waals surface area contributed by atoms with Crippen LogP contribution in [-0.2, 0) is 4.79 Å². The van der Waals surface area contributed by atoms with E-state index in [1.165, 1.54) is 0 Å². The molecule has 0 spiro atoms. The number of hydrogen-bond acceptors (Lipinski definition) is 3. The summed E-state index contributed by atoms with van der Waals surface area (Å²) in [4.78, 5) is 14.6. The van der Waals surface area contributed by atoms with E-state index in [1.807, 2.05) is 26.8 Å². The van der Waals surface area contributed by atoms with Crippen LogP contribution in [0.2, 0.25) is 0 Å². The summed E-state index contributed by atoms with van der Waals surface area (Å²) >= 11 is 0. The number of pyridine rings is 1. The molecule has 0 aliphatic heterocycles. The van der Waals surface area contributed by atoms with Crippen LogP contribution in [0.4, 0.5) is 0 Å². The molecule has 0 fully saturated rings. The number of aromatic nitrogens is 1. The number of aliphatic carboxylic acids is 1. The van der Waals surface area contributed by atoms with Crippen molar-refractivity contribution in [3.05, 3.63) is 24.0 Å². The number of ether oxygens (including phenoxy) is 1. The summed E-state index contributed by atoms with van der Waals surface area (Å²) in [6.07, 6.45) is 3.51. The van der Waals surface area contributed by atoms with Gasteiger partial charge in [-0.3, -0.25) is 9.78 Å². The molecule has 0 aliphatic rings. The SMILES string of the molecule is CC(C)Oc1cncc(C(C)CC(=O)O)c1. The highest BCUT2D eigenvalue weighted by molar-refractivity contribution is 5.67. The Bertz CT molecular complexity index is 363. The van der Waals surface area contributed by atoms with Gasteiger partial charge in [0.25, 0.3) is 0 Å². The topological polar surface area (TPSA) is 59.4 Å². The smallest absolute Gasteiger partial charge is 0.303 e. The molecular weight excluding hydrogens is 206 g/mol. The van der Waals surface area contributed by atoms with Gasteiger partial charge >= 0.3 is 5.97 Å². The first kappa shape index (κ1) is 12.5. The Balaban J connectivity index is 2.77. The van der Waals surface area contributed by atoms with E-state index in [2.05, 4.69) is 4.98 Å². The molecule has 0 bridgehead atoms. The average Bonchev–Trinajstić information content (AvgIpc) is 2.16. The summed E-state index contributed by atoms with van der Waals surface area (Å²) in [5.74, 6) is -0.173. The van der Waals surface area contributed by atoms with Crippen LogP contribution in [0.3, 0.4) is 0 Å². The molecule has 0 saturated heterocycles. The Labute approximate surface area is 95.3 Å². The minimum absolute atomic E-state index is 0.0549. The van der Waals surface area contributed by atoms with Gasteiger partial charge in [0.2, 0.25) is 0 Å². The third kappa shape index (κ3) is 3.88. The van der Waals surface area contributed by atoms with Gasteiger partial charge in [0.05, 0.1) is 18.7 Å². The minimum Gasteiger partial charge on any atom is -0.489 e. The standard InChI is InChI=1S/C12H17NO3/c1-8(2)16-11-5-10(6-13-7-11)9(3)4-12(14)15/h5-9H,4H2,1-3H3,(H,14,15). The van der Waals surface area contributed by atoms with Gasteiger partial charge < -0.3 is 9.84 Å². The molecule has 4 nitrogen and oxygen atoms in total. The maximum Gasteiger partial charge on any atom is 0.303 e. The van der Waals surface area contributed by atoms with Crippen LogP contribution in [0.25, 0.3) is 0 Å². The van der Waals surface area contributed by atoms with Gasteiger partial charge in [-0.25, -0.2) is 0 Å². The van der Waals surface area contributed by atoms with Crippen molar-refractivity contribution >= 4 is 5.97 Å². The Kier molecular flexibility index (Phi) is 4.28. The normalized spacial score (nSPS) is 12.5. The fourth-order valence-corrected chi connectivity index (χ4v) is 1.42. The first-order valence-electron chi connectivity index (χ1n) is 5.32. The van der Waals surface area contributed by atoms with E-state index in [0.717, 1.165) is 5.56 Å². The molecule has 1 N–H and O–H groups in total. The molecule has 4 heteroatoms. The highest BCUT2D eigenvalue weighted by atomic mass is 16.5. The van der Waals surface area contributed by atoms with Crippen molar-refractivity contribution < 1.29 is 14.6 Å². The Morgan fingerprint density at radius 3 is 2.69 bits per heavy atom. The third-order valence-corrected chi connectivity index (χ3v) is 2.16. The zero-order valence-corrected chi connectivity index (χ0v) is 9.80. The lowest BCUT2D eigenvalue weighted by Gasteiger charge is -2.13. The highest BCUT2D eigenvalue weighted by Gasteiger charge is 2.11. The van der Waals surface area contributed by atoms with Crippen molar-refractivity contribution in [1.29, 1.82) is 0 Å². The molecular formula is C12H17NO3. The summed E-state index contributed by atoms with van der Waals surface area (Å²) in [5, 5.41) is 8.71. The number of nitrogens with zero attached hydrogens (tertiary/aromatic N) is 1. The highest BCUT2D eigenvalue weighted by Crippen LogP contribution is 2.22. The quantitative estimate of drug-likeness (QED) is 0.832. The molecule has 1 aromatic heterocycles. The number of carboxylic acids is 1. The first-order chi connectivity index (χ1) is 7.49. The molecule has 16 heavy (non-hydrogen) atoms. The third-order valence-electron chi connectivity index (χ3n) is 2.16. The lowest BCUT2D eigenvalue weighted by Crippen LogP contribution is -2.07. The van der Waals surface area contributed by atoms with Crippen LogP contribution in [0.1, 0.15) is 38.7 Å². The summed E-state index contributed by atoms with van der Waals surface area (Å²) in [7, 11) is 0. The van der Waals surface area contributed by atoms with Gasteiger partial charge in [-0.1, -0.05) is 6.92 Å². The molecule has 0 radical (unpaired) electrons. The van der Waals surface area contributed by atoms with Crippen LogP contribution >= 0.6 is 0 Å². The predicted octanol–water partition coefficient (Wildman–Crippen LogP) is 2.45. The number of hydrogen-bond donors (Lipinski definition) is 1. The fraction of sp³-hybridized carbons (Fsp3) is 0.500. The summed E-state index contributed by atoms with van der Waals surface area (Å²) in [5.41, 5.74) is 0.889.